The molecule has 0 bridgehead atoms. The Kier molecular flexibility index (Phi) is 5.39. The minimum absolute atomic E-state index is 0.193. The highest BCUT2D eigenvalue weighted by molar-refractivity contribution is 14.1. The number of benzene rings is 1. The number of pyridine rings is 1. The standard InChI is InChI=1S/C26H27IN4O2/c1-14-11-20(17(12-19(14)27)15-5-6-15)29-22-10-9-21-23(30-22)18(13-28)24(16-7-8-16)31(21)25(32)33-26(2,3)4/h9-12,15-16H,5-8H2,1-4H3,(H,29,30). The van der Waals surface area contributed by atoms with E-state index in [1.807, 2.05) is 32.9 Å². The highest BCUT2D eigenvalue weighted by atomic mass is 127. The molecule has 6 nitrogen and oxygen atoms in total. The van der Waals surface area contributed by atoms with Crippen LogP contribution in [0.15, 0.2) is 24.3 Å². The Morgan fingerprint density at radius 3 is 2.52 bits per heavy atom. The first kappa shape index (κ1) is 22.2. The maximum atomic E-state index is 13.1. The van der Waals surface area contributed by atoms with Gasteiger partial charge in [0.15, 0.2) is 0 Å². The van der Waals surface area contributed by atoms with Crippen LogP contribution in [-0.4, -0.2) is 21.2 Å². The Morgan fingerprint density at radius 2 is 1.91 bits per heavy atom. The molecule has 2 aliphatic carbocycles. The highest BCUT2D eigenvalue weighted by Crippen LogP contribution is 2.46. The summed E-state index contributed by atoms with van der Waals surface area (Å²) in [5.74, 6) is 1.46. The van der Waals surface area contributed by atoms with Gasteiger partial charge in [-0.15, -0.1) is 0 Å². The molecular formula is C26H27IN4O2. The molecule has 0 radical (unpaired) electrons. The Labute approximate surface area is 207 Å². The number of aryl methyl sites for hydroxylation is 1. The number of nitriles is 1. The van der Waals surface area contributed by atoms with Crippen LogP contribution in [0.25, 0.3) is 11.0 Å². The van der Waals surface area contributed by atoms with Gasteiger partial charge < -0.3 is 10.1 Å². The summed E-state index contributed by atoms with van der Waals surface area (Å²) >= 11 is 2.39. The fourth-order valence-electron chi connectivity index (χ4n) is 4.28. The SMILES string of the molecule is Cc1cc(Nc2ccc3c(n2)c(C#N)c(C2CC2)n3C(=O)OC(C)(C)C)c(C2CC2)cc1I. The second-order valence-corrected chi connectivity index (χ2v) is 11.3. The number of nitrogens with one attached hydrogen (secondary N) is 1. The first-order chi connectivity index (χ1) is 15.7. The summed E-state index contributed by atoms with van der Waals surface area (Å²) in [5.41, 5.74) is 5.34. The van der Waals surface area contributed by atoms with Crippen molar-refractivity contribution in [2.75, 3.05) is 5.32 Å². The van der Waals surface area contributed by atoms with E-state index >= 15 is 0 Å². The summed E-state index contributed by atoms with van der Waals surface area (Å²) in [7, 11) is 0. The van der Waals surface area contributed by atoms with Gasteiger partial charge in [0, 0.05) is 15.2 Å². The summed E-state index contributed by atoms with van der Waals surface area (Å²) < 4.78 is 8.51. The van der Waals surface area contributed by atoms with Gasteiger partial charge >= 0.3 is 6.09 Å². The molecule has 0 unspecified atom stereocenters. The van der Waals surface area contributed by atoms with Crippen molar-refractivity contribution >= 4 is 51.2 Å². The molecule has 0 atom stereocenters. The molecule has 0 amide bonds. The largest absolute Gasteiger partial charge is 0.443 e. The maximum Gasteiger partial charge on any atom is 0.419 e. The quantitative estimate of drug-likeness (QED) is 0.348. The van der Waals surface area contributed by atoms with Gasteiger partial charge in [-0.3, -0.25) is 0 Å². The van der Waals surface area contributed by atoms with Crippen molar-refractivity contribution in [1.82, 2.24) is 9.55 Å². The van der Waals surface area contributed by atoms with Crippen LogP contribution in [0.5, 0.6) is 0 Å². The fourth-order valence-corrected chi connectivity index (χ4v) is 4.77. The Balaban J connectivity index is 1.60. The lowest BCUT2D eigenvalue weighted by atomic mass is 10.1. The van der Waals surface area contributed by atoms with Gasteiger partial charge in [0.2, 0.25) is 0 Å². The second-order valence-electron chi connectivity index (χ2n) is 10.1. The third-order valence-electron chi connectivity index (χ3n) is 6.11. The van der Waals surface area contributed by atoms with E-state index < -0.39 is 11.7 Å². The van der Waals surface area contributed by atoms with E-state index in [4.69, 9.17) is 9.72 Å². The van der Waals surface area contributed by atoms with Crippen LogP contribution in [0.3, 0.4) is 0 Å². The Hall–Kier alpha value is -2.60. The molecule has 2 aliphatic rings. The van der Waals surface area contributed by atoms with E-state index in [9.17, 15) is 10.1 Å². The molecule has 2 aromatic heterocycles. The number of carbonyl (C=O) groups excluding carboxylic acids is 1. The minimum Gasteiger partial charge on any atom is -0.443 e. The molecule has 1 N–H and O–H groups in total. The van der Waals surface area contributed by atoms with E-state index in [2.05, 4.69) is 53.0 Å². The van der Waals surface area contributed by atoms with Crippen molar-refractivity contribution in [2.24, 2.45) is 0 Å². The fraction of sp³-hybridized carbons (Fsp3) is 0.423. The van der Waals surface area contributed by atoms with Crippen molar-refractivity contribution < 1.29 is 9.53 Å². The normalized spacial score (nSPS) is 16.0. The zero-order valence-electron chi connectivity index (χ0n) is 19.3. The smallest absolute Gasteiger partial charge is 0.419 e. The monoisotopic (exact) mass is 554 g/mol. The van der Waals surface area contributed by atoms with Gasteiger partial charge in [-0.2, -0.15) is 5.26 Å². The molecule has 2 fully saturated rings. The van der Waals surface area contributed by atoms with Gasteiger partial charge in [-0.05, 0) is 117 Å². The topological polar surface area (TPSA) is 79.9 Å². The summed E-state index contributed by atoms with van der Waals surface area (Å²) in [6, 6.07) is 10.5. The lowest BCUT2D eigenvalue weighted by Gasteiger charge is -2.21. The van der Waals surface area contributed by atoms with Crippen molar-refractivity contribution in [2.45, 2.75) is 70.8 Å². The third-order valence-corrected chi connectivity index (χ3v) is 7.27. The minimum atomic E-state index is -0.627. The van der Waals surface area contributed by atoms with Crippen LogP contribution in [0.4, 0.5) is 16.3 Å². The summed E-state index contributed by atoms with van der Waals surface area (Å²) in [6.45, 7) is 7.65. The average Bonchev–Trinajstić information content (AvgIpc) is 3.65. The second kappa shape index (κ2) is 8.01. The van der Waals surface area contributed by atoms with Crippen LogP contribution >= 0.6 is 22.6 Å². The molecule has 33 heavy (non-hydrogen) atoms. The molecule has 7 heteroatoms. The zero-order valence-corrected chi connectivity index (χ0v) is 21.5. The number of nitrogens with zero attached hydrogens (tertiary/aromatic N) is 3. The van der Waals surface area contributed by atoms with Crippen LogP contribution in [0.2, 0.25) is 0 Å². The van der Waals surface area contributed by atoms with Crippen LogP contribution in [0, 0.1) is 21.8 Å². The van der Waals surface area contributed by atoms with Crippen LogP contribution in [0.1, 0.15) is 80.7 Å². The molecule has 2 heterocycles. The Morgan fingerprint density at radius 1 is 1.21 bits per heavy atom. The number of carbonyl (C=O) groups is 1. The number of ether oxygens (including phenoxy) is 1. The number of hydrogen-bond donors (Lipinski definition) is 1. The number of aromatic nitrogens is 2. The summed E-state index contributed by atoms with van der Waals surface area (Å²) in [4.78, 5) is 17.9. The van der Waals surface area contributed by atoms with E-state index in [1.54, 1.807) is 4.57 Å². The first-order valence-corrected chi connectivity index (χ1v) is 12.5. The number of rotatable bonds is 4. The van der Waals surface area contributed by atoms with E-state index in [0.29, 0.717) is 28.3 Å². The van der Waals surface area contributed by atoms with Gasteiger partial charge in [-0.25, -0.2) is 14.3 Å². The Bertz CT molecular complexity index is 1320. The molecule has 170 valence electrons. The molecule has 1 aromatic carbocycles. The molecule has 0 aliphatic heterocycles. The number of halogens is 1. The number of hydrogen-bond acceptors (Lipinski definition) is 5. The predicted octanol–water partition coefficient (Wildman–Crippen LogP) is 7.10. The maximum absolute atomic E-state index is 13.1. The third kappa shape index (κ3) is 4.33. The van der Waals surface area contributed by atoms with E-state index in [0.717, 1.165) is 24.2 Å². The molecule has 0 saturated heterocycles. The number of fused-ring (bicyclic) bond motifs is 1. The zero-order chi connectivity index (χ0) is 23.5. The van der Waals surface area contributed by atoms with Gasteiger partial charge in [0.25, 0.3) is 0 Å². The van der Waals surface area contributed by atoms with Crippen LogP contribution < -0.4 is 5.32 Å². The van der Waals surface area contributed by atoms with E-state index in [-0.39, 0.29) is 5.92 Å². The molecule has 5 rings (SSSR count). The lowest BCUT2D eigenvalue weighted by Crippen LogP contribution is -2.28. The molecular weight excluding hydrogens is 527 g/mol. The van der Waals surface area contributed by atoms with Gasteiger partial charge in [0.1, 0.15) is 28.6 Å². The van der Waals surface area contributed by atoms with Crippen molar-refractivity contribution in [3.63, 3.8) is 0 Å². The van der Waals surface area contributed by atoms with Crippen molar-refractivity contribution in [3.05, 3.63) is 50.2 Å². The highest BCUT2D eigenvalue weighted by Gasteiger charge is 2.36. The van der Waals surface area contributed by atoms with Gasteiger partial charge in [-0.1, -0.05) is 0 Å². The molecule has 3 aromatic rings. The van der Waals surface area contributed by atoms with E-state index in [1.165, 1.54) is 27.5 Å². The first-order valence-electron chi connectivity index (χ1n) is 11.4. The van der Waals surface area contributed by atoms with Crippen molar-refractivity contribution in [3.8, 4) is 6.07 Å². The summed E-state index contributed by atoms with van der Waals surface area (Å²) in [6.07, 6.45) is 3.89. The van der Waals surface area contributed by atoms with Gasteiger partial charge in [0.05, 0.1) is 11.2 Å². The molecule has 0 spiro atoms. The summed E-state index contributed by atoms with van der Waals surface area (Å²) in [5, 5.41) is 13.5. The molecule has 2 saturated carbocycles. The average molecular weight is 554 g/mol. The number of anilines is 2. The predicted molar refractivity (Wildman–Crippen MR) is 137 cm³/mol. The van der Waals surface area contributed by atoms with Crippen molar-refractivity contribution in [1.29, 1.82) is 5.26 Å². The lowest BCUT2D eigenvalue weighted by molar-refractivity contribution is 0.0540. The van der Waals surface area contributed by atoms with Crippen LogP contribution in [-0.2, 0) is 4.74 Å².